The van der Waals surface area contributed by atoms with Crippen molar-refractivity contribution in [1.29, 1.82) is 0 Å². The maximum Gasteiger partial charge on any atom is 0.253 e. The third kappa shape index (κ3) is 5.43. The van der Waals surface area contributed by atoms with Crippen LogP contribution in [0.3, 0.4) is 0 Å². The van der Waals surface area contributed by atoms with E-state index in [4.69, 9.17) is 14.6 Å². The van der Waals surface area contributed by atoms with Crippen LogP contribution >= 0.6 is 0 Å². The van der Waals surface area contributed by atoms with E-state index in [-0.39, 0.29) is 17.2 Å². The van der Waals surface area contributed by atoms with E-state index in [0.717, 1.165) is 72.4 Å². The summed E-state index contributed by atoms with van der Waals surface area (Å²) in [6.45, 7) is 8.30. The number of allylic oxidation sites excluding steroid dienone is 1. The van der Waals surface area contributed by atoms with E-state index < -0.39 is 0 Å². The van der Waals surface area contributed by atoms with Gasteiger partial charge in [-0.1, -0.05) is 12.1 Å². The van der Waals surface area contributed by atoms with Crippen molar-refractivity contribution in [2.24, 2.45) is 16.4 Å². The van der Waals surface area contributed by atoms with E-state index in [0.29, 0.717) is 24.6 Å². The van der Waals surface area contributed by atoms with Gasteiger partial charge in [-0.3, -0.25) is 14.6 Å². The van der Waals surface area contributed by atoms with Crippen molar-refractivity contribution >= 4 is 28.3 Å². The summed E-state index contributed by atoms with van der Waals surface area (Å²) in [6.07, 6.45) is 5.77. The summed E-state index contributed by atoms with van der Waals surface area (Å²) >= 11 is 0. The number of rotatable bonds is 8. The molecule has 0 saturated carbocycles. The second-order valence-corrected chi connectivity index (χ2v) is 10.9. The van der Waals surface area contributed by atoms with Crippen molar-refractivity contribution in [3.8, 4) is 5.75 Å². The number of benzene rings is 2. The van der Waals surface area contributed by atoms with Crippen molar-refractivity contribution in [2.75, 3.05) is 53.6 Å². The summed E-state index contributed by atoms with van der Waals surface area (Å²) in [6, 6.07) is 11.8. The molecular formula is C31H38N4O4. The first-order valence-electron chi connectivity index (χ1n) is 13.7. The molecule has 0 bridgehead atoms. The van der Waals surface area contributed by atoms with Gasteiger partial charge in [0.15, 0.2) is 0 Å². The van der Waals surface area contributed by atoms with Crippen LogP contribution in [0.25, 0.3) is 10.8 Å². The lowest BCUT2D eigenvalue weighted by atomic mass is 9.73. The van der Waals surface area contributed by atoms with Gasteiger partial charge in [-0.2, -0.15) is 5.10 Å². The number of methoxy groups -OCH3 is 2. The molecule has 1 unspecified atom stereocenters. The zero-order valence-corrected chi connectivity index (χ0v) is 23.3. The molecule has 2 aliphatic heterocycles. The van der Waals surface area contributed by atoms with Gasteiger partial charge in [-0.15, -0.1) is 0 Å². The van der Waals surface area contributed by atoms with Gasteiger partial charge >= 0.3 is 0 Å². The van der Waals surface area contributed by atoms with E-state index in [1.165, 1.54) is 0 Å². The Bertz CT molecular complexity index is 1360. The van der Waals surface area contributed by atoms with Crippen molar-refractivity contribution in [1.82, 2.24) is 15.2 Å². The monoisotopic (exact) mass is 530 g/mol. The molecule has 5 rings (SSSR count). The van der Waals surface area contributed by atoms with Crippen LogP contribution in [0.15, 0.2) is 64.8 Å². The molecule has 1 atom stereocenters. The van der Waals surface area contributed by atoms with Gasteiger partial charge in [-0.25, -0.2) is 0 Å². The fourth-order valence-corrected chi connectivity index (χ4v) is 5.85. The van der Waals surface area contributed by atoms with Gasteiger partial charge in [0, 0.05) is 44.4 Å². The van der Waals surface area contributed by atoms with E-state index >= 15 is 0 Å². The van der Waals surface area contributed by atoms with Crippen LogP contribution in [-0.2, 0) is 9.53 Å². The highest BCUT2D eigenvalue weighted by molar-refractivity contribution is 6.09. The Morgan fingerprint density at radius 2 is 1.82 bits per heavy atom. The number of hydrazone groups is 1. The summed E-state index contributed by atoms with van der Waals surface area (Å²) in [5.41, 5.74) is 3.23. The normalized spacial score (nSPS) is 21.3. The van der Waals surface area contributed by atoms with E-state index in [2.05, 4.69) is 17.2 Å². The Kier molecular flexibility index (Phi) is 7.75. The van der Waals surface area contributed by atoms with Gasteiger partial charge in [-0.05, 0) is 85.4 Å². The largest absolute Gasteiger partial charge is 0.497 e. The first kappa shape index (κ1) is 26.9. The van der Waals surface area contributed by atoms with Gasteiger partial charge in [0.2, 0.25) is 0 Å². The Hall–Kier alpha value is -3.65. The van der Waals surface area contributed by atoms with E-state index in [9.17, 15) is 9.59 Å². The third-order valence-corrected chi connectivity index (χ3v) is 8.45. The fourth-order valence-electron chi connectivity index (χ4n) is 5.85. The predicted molar refractivity (Wildman–Crippen MR) is 153 cm³/mol. The second-order valence-electron chi connectivity index (χ2n) is 10.9. The number of likely N-dealkylation sites (tertiary alicyclic amines) is 1. The lowest BCUT2D eigenvalue weighted by molar-refractivity contribution is -0.117. The highest BCUT2D eigenvalue weighted by atomic mass is 16.5. The minimum Gasteiger partial charge on any atom is -0.497 e. The summed E-state index contributed by atoms with van der Waals surface area (Å²) in [5.74, 6) is 1.30. The lowest BCUT2D eigenvalue weighted by Gasteiger charge is -2.35. The number of hydrogen-bond acceptors (Lipinski definition) is 6. The van der Waals surface area contributed by atoms with E-state index in [1.807, 2.05) is 60.4 Å². The molecule has 0 spiro atoms. The molecular weight excluding hydrogens is 492 g/mol. The molecule has 0 aromatic heterocycles. The zero-order chi connectivity index (χ0) is 27.6. The minimum atomic E-state index is -0.278. The maximum absolute atomic E-state index is 13.3. The van der Waals surface area contributed by atoms with Crippen molar-refractivity contribution < 1.29 is 19.1 Å². The minimum absolute atomic E-state index is 0.0669. The highest BCUT2D eigenvalue weighted by Gasteiger charge is 2.43. The number of carbonyl (C=O) groups is 2. The molecule has 1 fully saturated rings. The quantitative estimate of drug-likeness (QED) is 0.521. The molecule has 1 N–H and O–H groups in total. The van der Waals surface area contributed by atoms with Crippen LogP contribution in [-0.4, -0.2) is 81.0 Å². The Morgan fingerprint density at radius 1 is 1.08 bits per heavy atom. The van der Waals surface area contributed by atoms with Crippen LogP contribution in [0.2, 0.25) is 0 Å². The van der Waals surface area contributed by atoms with Crippen LogP contribution < -0.4 is 10.1 Å². The van der Waals surface area contributed by atoms with Crippen LogP contribution in [0.1, 0.15) is 37.0 Å². The molecule has 2 aromatic rings. The second kappa shape index (κ2) is 11.2. The molecule has 2 amide bonds. The number of amides is 2. The summed E-state index contributed by atoms with van der Waals surface area (Å²) in [4.78, 5) is 28.0. The van der Waals surface area contributed by atoms with E-state index in [1.54, 1.807) is 14.2 Å². The highest BCUT2D eigenvalue weighted by Crippen LogP contribution is 2.40. The smallest absolute Gasteiger partial charge is 0.253 e. The number of nitrogens with zero attached hydrogens (tertiary/aromatic N) is 3. The van der Waals surface area contributed by atoms with Crippen LogP contribution in [0, 0.1) is 11.3 Å². The molecule has 0 radical (unpaired) electrons. The average Bonchev–Trinajstić information content (AvgIpc) is 3.29. The SMILES string of the molecule is COCCNC(=O)C1=C(C)C2(C)CN(CC3CCN(C(=O)c4ccc5cc(OC)ccc5c4)CC3)N=C2C=C1. The summed E-state index contributed by atoms with van der Waals surface area (Å²) in [5, 5.41) is 12.1. The maximum atomic E-state index is 13.3. The summed E-state index contributed by atoms with van der Waals surface area (Å²) in [7, 11) is 3.28. The van der Waals surface area contributed by atoms with Crippen LogP contribution in [0.5, 0.6) is 5.75 Å². The first-order chi connectivity index (χ1) is 18.8. The number of nitrogens with one attached hydrogen (secondary N) is 1. The van der Waals surface area contributed by atoms with Crippen molar-refractivity contribution in [3.05, 3.63) is 65.3 Å². The number of piperidine rings is 1. The van der Waals surface area contributed by atoms with Gasteiger partial charge in [0.1, 0.15) is 5.75 Å². The van der Waals surface area contributed by atoms with Crippen molar-refractivity contribution in [3.63, 3.8) is 0 Å². The predicted octanol–water partition coefficient (Wildman–Crippen LogP) is 4.03. The Balaban J connectivity index is 1.17. The molecule has 8 nitrogen and oxygen atoms in total. The fraction of sp³-hybridized carbons (Fsp3) is 0.452. The number of fused-ring (bicyclic) bond motifs is 2. The molecule has 2 heterocycles. The molecule has 2 aromatic carbocycles. The standard InChI is InChI=1S/C31H38N4O4/c1-21-27(29(36)32-13-16-38-3)9-10-28-31(21,2)20-35(33-28)19-22-11-14-34(15-12-22)30(37)25-6-5-24-18-26(39-4)8-7-23(24)17-25/h5-10,17-18,22H,11-16,19-20H2,1-4H3,(H,32,36). The Morgan fingerprint density at radius 3 is 2.56 bits per heavy atom. The molecule has 1 aliphatic carbocycles. The molecule has 3 aliphatic rings. The average molecular weight is 531 g/mol. The van der Waals surface area contributed by atoms with Gasteiger partial charge in [0.05, 0.1) is 31.4 Å². The van der Waals surface area contributed by atoms with Crippen LogP contribution in [0.4, 0.5) is 0 Å². The molecule has 206 valence electrons. The van der Waals surface area contributed by atoms with Gasteiger partial charge in [0.25, 0.3) is 11.8 Å². The zero-order valence-electron chi connectivity index (χ0n) is 23.3. The molecule has 8 heteroatoms. The van der Waals surface area contributed by atoms with Gasteiger partial charge < -0.3 is 19.7 Å². The third-order valence-electron chi connectivity index (χ3n) is 8.45. The first-order valence-corrected chi connectivity index (χ1v) is 13.7. The van der Waals surface area contributed by atoms with Crippen molar-refractivity contribution in [2.45, 2.75) is 26.7 Å². The topological polar surface area (TPSA) is 83.5 Å². The molecule has 39 heavy (non-hydrogen) atoms. The molecule has 1 saturated heterocycles. The Labute approximate surface area is 230 Å². The number of hydrogen-bond donors (Lipinski definition) is 1. The number of ether oxygens (including phenoxy) is 2. The number of carbonyl (C=O) groups excluding carboxylic acids is 2. The summed E-state index contributed by atoms with van der Waals surface area (Å²) < 4.78 is 10.4. The lowest BCUT2D eigenvalue weighted by Crippen LogP contribution is -2.41.